The number of rotatable bonds is 2. The second-order valence-corrected chi connectivity index (χ2v) is 1.86. The Morgan fingerprint density at radius 3 is 3.00 bits per heavy atom. The van der Waals surface area contributed by atoms with Crippen LogP contribution in [0.1, 0.15) is 10.5 Å². The lowest BCUT2D eigenvalue weighted by atomic mass is 10.4. The number of carbonyl (C=O) groups excluding carboxylic acids is 1. The van der Waals surface area contributed by atoms with Crippen molar-refractivity contribution in [3.63, 3.8) is 0 Å². The van der Waals surface area contributed by atoms with Gasteiger partial charge in [-0.05, 0) is 0 Å². The molecular weight excluding hydrogens is 146 g/mol. The van der Waals surface area contributed by atoms with Gasteiger partial charge in [0.1, 0.15) is 0 Å². The van der Waals surface area contributed by atoms with Crippen LogP contribution < -0.4 is 15.5 Å². The van der Waals surface area contributed by atoms with Gasteiger partial charge in [-0.15, -0.1) is 0 Å². The topological polar surface area (TPSA) is 79.4 Å². The second kappa shape index (κ2) is 2.96. The summed E-state index contributed by atoms with van der Waals surface area (Å²) >= 11 is 0. The van der Waals surface area contributed by atoms with Crippen LogP contribution in [0.3, 0.4) is 0 Å². The van der Waals surface area contributed by atoms with Gasteiger partial charge in [0.25, 0.3) is 11.8 Å². The number of ether oxygens (including phenoxy) is 1. The van der Waals surface area contributed by atoms with Gasteiger partial charge in [0.05, 0.1) is 7.11 Å². The third kappa shape index (κ3) is 1.64. The zero-order chi connectivity index (χ0) is 8.27. The van der Waals surface area contributed by atoms with Crippen LogP contribution in [0.2, 0.25) is 0 Å². The Morgan fingerprint density at radius 1 is 1.73 bits per heavy atom. The summed E-state index contributed by atoms with van der Waals surface area (Å²) < 4.78 is 4.75. The number of aromatic nitrogens is 2. The third-order valence-corrected chi connectivity index (χ3v) is 1.12. The summed E-state index contributed by atoms with van der Waals surface area (Å²) in [6, 6.07) is 0. The van der Waals surface area contributed by atoms with Gasteiger partial charge < -0.3 is 10.5 Å². The molecule has 58 valence electrons. The highest BCUT2D eigenvalue weighted by Gasteiger charge is 2.07. The Hall–Kier alpha value is -1.65. The van der Waals surface area contributed by atoms with E-state index in [0.717, 1.165) is 0 Å². The SMILES string of the molecule is COc1c[nH+]cc(C(N)=O)n1. The van der Waals surface area contributed by atoms with Gasteiger partial charge >= 0.3 is 0 Å². The van der Waals surface area contributed by atoms with Crippen LogP contribution in [0, 0.1) is 0 Å². The Kier molecular flexibility index (Phi) is 2.00. The second-order valence-electron chi connectivity index (χ2n) is 1.86. The van der Waals surface area contributed by atoms with E-state index in [0.29, 0.717) is 5.88 Å². The Balaban J connectivity index is 3.01. The molecule has 1 heterocycles. The van der Waals surface area contributed by atoms with Crippen LogP contribution in [-0.4, -0.2) is 18.0 Å². The maximum atomic E-state index is 10.6. The number of methoxy groups -OCH3 is 1. The molecule has 1 aromatic rings. The van der Waals surface area contributed by atoms with Crippen molar-refractivity contribution in [3.8, 4) is 5.88 Å². The minimum atomic E-state index is -0.583. The minimum absolute atomic E-state index is 0.157. The van der Waals surface area contributed by atoms with Crippen molar-refractivity contribution in [2.24, 2.45) is 5.73 Å². The lowest BCUT2D eigenvalue weighted by molar-refractivity contribution is -0.380. The molecule has 1 rings (SSSR count). The molecule has 0 unspecified atom stereocenters. The summed E-state index contributed by atoms with van der Waals surface area (Å²) in [5.41, 5.74) is 5.12. The number of aromatic amines is 1. The van der Waals surface area contributed by atoms with Gasteiger partial charge in [0.2, 0.25) is 6.20 Å². The van der Waals surface area contributed by atoms with Gasteiger partial charge in [0.15, 0.2) is 11.9 Å². The molecule has 11 heavy (non-hydrogen) atoms. The monoisotopic (exact) mass is 154 g/mol. The maximum Gasteiger partial charge on any atom is 0.280 e. The predicted molar refractivity (Wildman–Crippen MR) is 35.9 cm³/mol. The zero-order valence-electron chi connectivity index (χ0n) is 6.00. The van der Waals surface area contributed by atoms with Crippen molar-refractivity contribution in [2.75, 3.05) is 7.11 Å². The van der Waals surface area contributed by atoms with E-state index in [4.69, 9.17) is 10.5 Å². The molecule has 0 atom stereocenters. The van der Waals surface area contributed by atoms with Gasteiger partial charge in [-0.3, -0.25) is 4.79 Å². The number of carbonyl (C=O) groups is 1. The molecule has 0 aliphatic rings. The van der Waals surface area contributed by atoms with Crippen molar-refractivity contribution >= 4 is 5.91 Å². The summed E-state index contributed by atoms with van der Waals surface area (Å²) in [5, 5.41) is 0. The molecule has 0 bridgehead atoms. The average Bonchev–Trinajstić information content (AvgIpc) is 2.05. The highest BCUT2D eigenvalue weighted by atomic mass is 16.5. The smallest absolute Gasteiger partial charge is 0.280 e. The molecule has 0 spiro atoms. The fourth-order valence-corrected chi connectivity index (χ4v) is 0.606. The summed E-state index contributed by atoms with van der Waals surface area (Å²) in [5.74, 6) is -0.249. The number of primary amides is 1. The highest BCUT2D eigenvalue weighted by molar-refractivity contribution is 5.90. The first kappa shape index (κ1) is 7.46. The van der Waals surface area contributed by atoms with E-state index in [1.165, 1.54) is 19.5 Å². The highest BCUT2D eigenvalue weighted by Crippen LogP contribution is 1.99. The molecule has 1 amide bonds. The van der Waals surface area contributed by atoms with E-state index in [2.05, 4.69) is 9.97 Å². The molecule has 3 N–H and O–H groups in total. The number of hydrogen-bond acceptors (Lipinski definition) is 3. The zero-order valence-corrected chi connectivity index (χ0v) is 6.00. The molecule has 0 saturated carbocycles. The molecule has 5 heteroatoms. The van der Waals surface area contributed by atoms with Crippen LogP contribution in [0.4, 0.5) is 0 Å². The number of amides is 1. The lowest BCUT2D eigenvalue weighted by Crippen LogP contribution is -2.17. The first-order valence-corrected chi connectivity index (χ1v) is 2.96. The van der Waals surface area contributed by atoms with E-state index >= 15 is 0 Å². The van der Waals surface area contributed by atoms with Crippen molar-refractivity contribution < 1.29 is 14.5 Å². The number of nitrogens with two attached hydrogens (primary N) is 1. The van der Waals surface area contributed by atoms with Gasteiger partial charge in [0, 0.05) is 0 Å². The summed E-state index contributed by atoms with van der Waals surface area (Å²) in [6.45, 7) is 0. The van der Waals surface area contributed by atoms with E-state index < -0.39 is 5.91 Å². The number of H-pyrrole nitrogens is 1. The van der Waals surface area contributed by atoms with Crippen LogP contribution in [-0.2, 0) is 0 Å². The van der Waals surface area contributed by atoms with Crippen molar-refractivity contribution in [2.45, 2.75) is 0 Å². The molecule has 0 fully saturated rings. The average molecular weight is 154 g/mol. The third-order valence-electron chi connectivity index (χ3n) is 1.12. The fourth-order valence-electron chi connectivity index (χ4n) is 0.606. The molecule has 0 aliphatic heterocycles. The predicted octanol–water partition coefficient (Wildman–Crippen LogP) is -0.997. The van der Waals surface area contributed by atoms with E-state index in [1.54, 1.807) is 0 Å². The molecule has 0 saturated heterocycles. The van der Waals surface area contributed by atoms with E-state index in [9.17, 15) is 4.79 Å². The molecule has 0 aromatic carbocycles. The lowest BCUT2D eigenvalue weighted by Gasteiger charge is -1.93. The van der Waals surface area contributed by atoms with Crippen LogP contribution in [0.25, 0.3) is 0 Å². The first-order valence-electron chi connectivity index (χ1n) is 2.96. The quantitative estimate of drug-likeness (QED) is 0.593. The van der Waals surface area contributed by atoms with Crippen LogP contribution in [0.5, 0.6) is 5.88 Å². The van der Waals surface area contributed by atoms with E-state index in [1.807, 2.05) is 0 Å². The summed E-state index contributed by atoms with van der Waals surface area (Å²) in [7, 11) is 1.46. The number of hydrogen-bond donors (Lipinski definition) is 1. The van der Waals surface area contributed by atoms with Crippen LogP contribution in [0.15, 0.2) is 12.4 Å². The van der Waals surface area contributed by atoms with E-state index in [-0.39, 0.29) is 5.69 Å². The standard InChI is InChI=1S/C6H7N3O2/c1-11-5-3-8-2-4(9-5)6(7)10/h2-3H,1H3,(H2,7,10)/p+1. The molecule has 0 radical (unpaired) electrons. The van der Waals surface area contributed by atoms with Crippen molar-refractivity contribution in [3.05, 3.63) is 18.1 Å². The Labute approximate surface area is 63.2 Å². The van der Waals surface area contributed by atoms with Gasteiger partial charge in [-0.1, -0.05) is 0 Å². The van der Waals surface area contributed by atoms with Crippen molar-refractivity contribution in [1.82, 2.24) is 4.98 Å². The molecule has 5 nitrogen and oxygen atoms in total. The number of nitrogens with zero attached hydrogens (tertiary/aromatic N) is 1. The summed E-state index contributed by atoms with van der Waals surface area (Å²) in [6.07, 6.45) is 2.93. The minimum Gasteiger partial charge on any atom is -0.477 e. The normalized spacial score (nSPS) is 9.18. The number of nitrogens with one attached hydrogen (secondary N) is 1. The fraction of sp³-hybridized carbons (Fsp3) is 0.167. The molecular formula is C6H8N3O2+. The van der Waals surface area contributed by atoms with Crippen LogP contribution >= 0.6 is 0 Å². The molecule has 1 aromatic heterocycles. The Bertz CT molecular complexity index is 274. The summed E-state index contributed by atoms with van der Waals surface area (Å²) in [4.78, 5) is 17.0. The largest absolute Gasteiger partial charge is 0.477 e. The van der Waals surface area contributed by atoms with Crippen molar-refractivity contribution in [1.29, 1.82) is 0 Å². The van der Waals surface area contributed by atoms with Gasteiger partial charge in [-0.25, -0.2) is 4.98 Å². The maximum absolute atomic E-state index is 10.6. The van der Waals surface area contributed by atoms with Gasteiger partial charge in [-0.2, -0.15) is 4.98 Å². The Morgan fingerprint density at radius 2 is 2.45 bits per heavy atom. The molecule has 0 aliphatic carbocycles. The first-order chi connectivity index (χ1) is 5.24.